The molecule has 2 heterocycles. The topological polar surface area (TPSA) is 85.7 Å². The van der Waals surface area contributed by atoms with Crippen LogP contribution in [0.15, 0.2) is 35.1 Å². The Morgan fingerprint density at radius 1 is 1.20 bits per heavy atom. The second-order valence-corrected chi connectivity index (χ2v) is 5.76. The number of nitrogens with one attached hydrogen (secondary N) is 1. The number of imidazole rings is 1. The maximum Gasteiger partial charge on any atom is 0.337 e. The first kappa shape index (κ1) is 15.2. The Balaban J connectivity index is 2.12. The monoisotopic (exact) mass is 337 g/mol. The van der Waals surface area contributed by atoms with Gasteiger partial charge in [0.25, 0.3) is 0 Å². The van der Waals surface area contributed by atoms with Crippen molar-refractivity contribution in [3.8, 4) is 5.75 Å². The van der Waals surface area contributed by atoms with Crippen LogP contribution in [0.3, 0.4) is 0 Å². The van der Waals surface area contributed by atoms with E-state index in [2.05, 4.69) is 9.97 Å². The van der Waals surface area contributed by atoms with Gasteiger partial charge < -0.3 is 14.5 Å². The van der Waals surface area contributed by atoms with Gasteiger partial charge in [-0.25, -0.2) is 19.0 Å². The van der Waals surface area contributed by atoms with Crippen molar-refractivity contribution in [1.29, 1.82) is 0 Å². The summed E-state index contributed by atoms with van der Waals surface area (Å²) in [7, 11) is 2.90. The van der Waals surface area contributed by atoms with E-state index in [-0.39, 0.29) is 5.69 Å². The van der Waals surface area contributed by atoms with Crippen molar-refractivity contribution in [2.24, 2.45) is 0 Å². The number of aryl methyl sites for hydroxylation is 1. The highest BCUT2D eigenvalue weighted by atomic mass is 16.5. The van der Waals surface area contributed by atoms with E-state index in [4.69, 9.17) is 9.47 Å². The molecule has 126 valence electrons. The van der Waals surface area contributed by atoms with Crippen LogP contribution in [0.25, 0.3) is 27.6 Å². The van der Waals surface area contributed by atoms with Crippen LogP contribution < -0.4 is 10.4 Å². The minimum atomic E-state index is -0.462. The normalized spacial score (nSPS) is 11.3. The molecule has 7 nitrogen and oxygen atoms in total. The van der Waals surface area contributed by atoms with Crippen molar-refractivity contribution in [2.45, 2.75) is 6.92 Å². The summed E-state index contributed by atoms with van der Waals surface area (Å²) in [6.07, 6.45) is 0. The number of hydrogen-bond acceptors (Lipinski definition) is 5. The zero-order valence-corrected chi connectivity index (χ0v) is 13.9. The first-order valence-corrected chi connectivity index (χ1v) is 7.64. The number of aromatic nitrogens is 3. The molecule has 0 fully saturated rings. The third-order valence-electron chi connectivity index (χ3n) is 4.30. The molecule has 2 aromatic heterocycles. The number of benzene rings is 2. The Bertz CT molecular complexity index is 1220. The lowest BCUT2D eigenvalue weighted by atomic mass is 10.1. The molecule has 0 aliphatic rings. The fourth-order valence-electron chi connectivity index (χ4n) is 3.07. The highest BCUT2D eigenvalue weighted by molar-refractivity contribution is 6.00. The molecular formula is C18H15N3O4. The number of fused-ring (bicyclic) bond motifs is 5. The first-order valence-electron chi connectivity index (χ1n) is 7.64. The maximum atomic E-state index is 12.6. The van der Waals surface area contributed by atoms with Gasteiger partial charge in [0.05, 0.1) is 36.3 Å². The van der Waals surface area contributed by atoms with Crippen molar-refractivity contribution >= 4 is 33.6 Å². The molecule has 0 amide bonds. The van der Waals surface area contributed by atoms with E-state index in [0.29, 0.717) is 33.5 Å². The van der Waals surface area contributed by atoms with Gasteiger partial charge in [-0.05, 0) is 36.8 Å². The third-order valence-corrected chi connectivity index (χ3v) is 4.30. The second-order valence-electron chi connectivity index (χ2n) is 5.76. The van der Waals surface area contributed by atoms with E-state index in [1.165, 1.54) is 11.5 Å². The minimum Gasteiger partial charge on any atom is -0.496 e. The molecule has 25 heavy (non-hydrogen) atoms. The van der Waals surface area contributed by atoms with Crippen molar-refractivity contribution in [1.82, 2.24) is 14.4 Å². The molecule has 1 N–H and O–H groups in total. The number of hydrogen-bond donors (Lipinski definition) is 1. The van der Waals surface area contributed by atoms with E-state index in [1.54, 1.807) is 31.4 Å². The summed E-state index contributed by atoms with van der Waals surface area (Å²) < 4.78 is 11.6. The lowest BCUT2D eigenvalue weighted by Crippen LogP contribution is -2.16. The van der Waals surface area contributed by atoms with Crippen molar-refractivity contribution in [3.63, 3.8) is 0 Å². The average Bonchev–Trinajstić information content (AvgIpc) is 2.98. The number of aromatic amines is 1. The molecule has 0 spiro atoms. The van der Waals surface area contributed by atoms with Crippen LogP contribution in [0, 0.1) is 6.92 Å². The van der Waals surface area contributed by atoms with Crippen LogP contribution in [0.1, 0.15) is 15.9 Å². The van der Waals surface area contributed by atoms with Gasteiger partial charge in [0.15, 0.2) is 5.65 Å². The number of H-pyrrole nitrogens is 1. The summed E-state index contributed by atoms with van der Waals surface area (Å²) in [5.41, 5.74) is 3.39. The highest BCUT2D eigenvalue weighted by Gasteiger charge is 2.15. The van der Waals surface area contributed by atoms with E-state index < -0.39 is 5.97 Å². The molecule has 7 heteroatoms. The average molecular weight is 337 g/mol. The quantitative estimate of drug-likeness (QED) is 0.568. The molecule has 0 aliphatic heterocycles. The number of methoxy groups -OCH3 is 2. The van der Waals surface area contributed by atoms with E-state index in [0.717, 1.165) is 10.9 Å². The number of carbonyl (C=O) groups excluding carboxylic acids is 1. The summed E-state index contributed by atoms with van der Waals surface area (Å²) in [4.78, 5) is 31.7. The number of esters is 1. The number of nitrogens with zero attached hydrogens (tertiary/aromatic N) is 2. The van der Waals surface area contributed by atoms with Gasteiger partial charge in [0.1, 0.15) is 5.75 Å². The zero-order chi connectivity index (χ0) is 17.7. The van der Waals surface area contributed by atoms with Crippen LogP contribution in [0.2, 0.25) is 0 Å². The summed E-state index contributed by atoms with van der Waals surface area (Å²) in [6.45, 7) is 1.92. The fourth-order valence-corrected chi connectivity index (χ4v) is 3.07. The van der Waals surface area contributed by atoms with Gasteiger partial charge in [-0.1, -0.05) is 0 Å². The SMILES string of the molecule is COC(=O)c1ccc2c(c1)[nH]c(=O)n1c3cc(OC)c(C)cc3nc21. The molecule has 0 saturated heterocycles. The second kappa shape index (κ2) is 5.34. The standard InChI is InChI=1S/C18H15N3O4/c1-9-6-13-14(8-15(9)24-2)21-16(19-13)11-5-4-10(17(22)25-3)7-12(11)20-18(21)23/h4-8H,1-3H3,(H,20,23). The van der Waals surface area contributed by atoms with E-state index in [9.17, 15) is 9.59 Å². The summed E-state index contributed by atoms with van der Waals surface area (Å²) in [5.74, 6) is 0.228. The first-order chi connectivity index (χ1) is 12.0. The summed E-state index contributed by atoms with van der Waals surface area (Å²) >= 11 is 0. The minimum absolute atomic E-state index is 0.335. The molecule has 0 aliphatic carbocycles. The molecule has 4 rings (SSSR count). The van der Waals surface area contributed by atoms with Crippen molar-refractivity contribution < 1.29 is 14.3 Å². The van der Waals surface area contributed by atoms with Gasteiger partial charge in [0, 0.05) is 11.5 Å². The Labute approximate surface area is 141 Å². The number of ether oxygens (including phenoxy) is 2. The van der Waals surface area contributed by atoms with Crippen LogP contribution in [0.5, 0.6) is 5.75 Å². The molecule has 4 aromatic rings. The van der Waals surface area contributed by atoms with E-state index >= 15 is 0 Å². The van der Waals surface area contributed by atoms with Gasteiger partial charge in [-0.3, -0.25) is 0 Å². The van der Waals surface area contributed by atoms with Gasteiger partial charge >= 0.3 is 11.7 Å². The molecule has 0 saturated carbocycles. The largest absolute Gasteiger partial charge is 0.496 e. The lowest BCUT2D eigenvalue weighted by molar-refractivity contribution is 0.0601. The van der Waals surface area contributed by atoms with Crippen molar-refractivity contribution in [2.75, 3.05) is 14.2 Å². The van der Waals surface area contributed by atoms with Crippen LogP contribution >= 0.6 is 0 Å². The van der Waals surface area contributed by atoms with Gasteiger partial charge in [-0.15, -0.1) is 0 Å². The smallest absolute Gasteiger partial charge is 0.337 e. The molecule has 2 aromatic carbocycles. The summed E-state index contributed by atoms with van der Waals surface area (Å²) in [5, 5.41) is 0.736. The molecule has 0 bridgehead atoms. The molecular weight excluding hydrogens is 322 g/mol. The third kappa shape index (κ3) is 2.16. The van der Waals surface area contributed by atoms with Crippen LogP contribution in [-0.4, -0.2) is 34.6 Å². The fraction of sp³-hybridized carbons (Fsp3) is 0.167. The summed E-state index contributed by atoms with van der Waals surface area (Å²) in [6, 6.07) is 8.68. The van der Waals surface area contributed by atoms with Crippen molar-refractivity contribution in [3.05, 3.63) is 51.9 Å². The van der Waals surface area contributed by atoms with Gasteiger partial charge in [-0.2, -0.15) is 0 Å². The number of carbonyl (C=O) groups is 1. The van der Waals surface area contributed by atoms with Crippen LogP contribution in [-0.2, 0) is 4.74 Å². The number of rotatable bonds is 2. The van der Waals surface area contributed by atoms with Crippen LogP contribution in [0.4, 0.5) is 0 Å². The molecule has 0 atom stereocenters. The Morgan fingerprint density at radius 2 is 2.00 bits per heavy atom. The van der Waals surface area contributed by atoms with E-state index in [1.807, 2.05) is 13.0 Å². The molecule has 0 unspecified atom stereocenters. The Hall–Kier alpha value is -3.35. The lowest BCUT2D eigenvalue weighted by Gasteiger charge is -2.05. The molecule has 0 radical (unpaired) electrons. The maximum absolute atomic E-state index is 12.6. The zero-order valence-electron chi connectivity index (χ0n) is 13.9. The predicted molar refractivity (Wildman–Crippen MR) is 93.5 cm³/mol. The van der Waals surface area contributed by atoms with Gasteiger partial charge in [0.2, 0.25) is 0 Å². The predicted octanol–water partition coefficient (Wildman–Crippen LogP) is 2.43. The Morgan fingerprint density at radius 3 is 2.72 bits per heavy atom. The highest BCUT2D eigenvalue weighted by Crippen LogP contribution is 2.27. The Kier molecular flexibility index (Phi) is 3.24.